The van der Waals surface area contributed by atoms with E-state index >= 15 is 0 Å². The summed E-state index contributed by atoms with van der Waals surface area (Å²) in [5.41, 5.74) is 0. The second-order valence-electron chi connectivity index (χ2n) is 2.10. The third-order valence-corrected chi connectivity index (χ3v) is 1.03. The number of carbonyl (C=O) groups excluding carboxylic acids is 1. The minimum Gasteiger partial charge on any atom is -0.543 e. The second kappa shape index (κ2) is 4.76. The van der Waals surface area contributed by atoms with Crippen molar-refractivity contribution in [3.05, 3.63) is 0 Å². The summed E-state index contributed by atoms with van der Waals surface area (Å²) in [4.78, 5) is 6.09. The summed E-state index contributed by atoms with van der Waals surface area (Å²) in [6.45, 7) is 0. The Labute approximate surface area is 94.2 Å². The molecule has 0 aliphatic heterocycles. The van der Waals surface area contributed by atoms with Crippen molar-refractivity contribution in [2.45, 2.75) is 18.6 Å². The quantitative estimate of drug-likeness (QED) is 0.315. The first-order valence-electron chi connectivity index (χ1n) is 2.84. The van der Waals surface area contributed by atoms with Crippen LogP contribution in [0.2, 0.25) is 0 Å². The van der Waals surface area contributed by atoms with Crippen LogP contribution in [0.15, 0.2) is 0 Å². The van der Waals surface area contributed by atoms with Crippen LogP contribution >= 0.6 is 0 Å². The molecule has 0 bridgehead atoms. The van der Waals surface area contributed by atoms with Crippen molar-refractivity contribution in [1.82, 2.24) is 4.90 Å². The number of aliphatic carboxylic acids is 1. The minimum atomic E-state index is -6.60. The number of rotatable bonds is 2. The number of nitrogens with zero attached hydrogens (tertiary/aromatic N) is 1. The predicted octanol–water partition coefficient (Wildman–Crippen LogP) is -2.33. The number of hydrogen-bond acceptors (Lipinski definition) is 3. The molecular weight excluding hydrogens is 253 g/mol. The van der Waals surface area contributed by atoms with E-state index in [1.165, 1.54) is 0 Å². The Morgan fingerprint density at radius 1 is 0.875 bits per heavy atom. The van der Waals surface area contributed by atoms with E-state index < -0.39 is 29.5 Å². The third-order valence-electron chi connectivity index (χ3n) is 1.03. The van der Waals surface area contributed by atoms with Crippen LogP contribution in [-0.4, -0.2) is 29.5 Å². The monoisotopic (exact) mass is 253 g/mol. The van der Waals surface area contributed by atoms with Gasteiger partial charge in [0.25, 0.3) is 0 Å². The van der Waals surface area contributed by atoms with Crippen molar-refractivity contribution < 1.29 is 63.9 Å². The Bertz CT molecular complexity index is 246. The molecule has 0 spiro atoms. The van der Waals surface area contributed by atoms with Gasteiger partial charge in [0.1, 0.15) is 5.97 Å². The van der Waals surface area contributed by atoms with Gasteiger partial charge in [-0.05, 0) is 0 Å². The average molecular weight is 253 g/mol. The van der Waals surface area contributed by atoms with Gasteiger partial charge in [0.2, 0.25) is 0 Å². The fraction of sp³-hybridized carbons (Fsp3) is 0.750. The molecule has 3 nitrogen and oxygen atoms in total. The molecule has 0 N–H and O–H groups in total. The molecule has 0 aromatic heterocycles. The molecule has 0 saturated heterocycles. The Hall–Kier alpha value is -0.533. The Balaban J connectivity index is 0. The standard InChI is InChI=1S/C4HF8NO2.Li/c5-2(6,1(14)15)13(3(7,8)9)4(10,11)12;/h(H,14,15);/q;+1/p-1. The van der Waals surface area contributed by atoms with Crippen LogP contribution in [0.1, 0.15) is 0 Å². The van der Waals surface area contributed by atoms with Gasteiger partial charge in [-0.25, -0.2) is 0 Å². The Morgan fingerprint density at radius 3 is 1.19 bits per heavy atom. The predicted molar refractivity (Wildman–Crippen MR) is 23.9 cm³/mol. The maximum absolute atomic E-state index is 12.0. The average Bonchev–Trinajstić information content (AvgIpc) is 1.76. The molecule has 0 amide bonds. The maximum atomic E-state index is 12.0. The van der Waals surface area contributed by atoms with Crippen LogP contribution in [0, 0.1) is 0 Å². The first-order valence-corrected chi connectivity index (χ1v) is 2.84. The van der Waals surface area contributed by atoms with E-state index in [1.807, 2.05) is 0 Å². The summed E-state index contributed by atoms with van der Waals surface area (Å²) in [5, 5.41) is 9.45. The van der Waals surface area contributed by atoms with Gasteiger partial charge in [-0.2, -0.15) is 35.1 Å². The molecule has 0 aromatic rings. The van der Waals surface area contributed by atoms with E-state index in [1.54, 1.807) is 0 Å². The second-order valence-corrected chi connectivity index (χ2v) is 2.10. The molecule has 12 heteroatoms. The molecule has 0 unspecified atom stereocenters. The molecule has 0 aliphatic carbocycles. The van der Waals surface area contributed by atoms with Gasteiger partial charge in [-0.15, -0.1) is 0 Å². The minimum absolute atomic E-state index is 0. The Kier molecular flexibility index (Phi) is 5.32. The Morgan fingerprint density at radius 2 is 1.12 bits per heavy atom. The van der Waals surface area contributed by atoms with Crippen molar-refractivity contribution in [1.29, 1.82) is 0 Å². The SMILES string of the molecule is O=C([O-])C(F)(F)N(C(F)(F)F)C(F)(F)F.[Li+]. The van der Waals surface area contributed by atoms with Crippen molar-refractivity contribution in [3.8, 4) is 0 Å². The normalized spacial score (nSPS) is 13.6. The molecule has 0 rings (SSSR count). The van der Waals surface area contributed by atoms with E-state index in [0.717, 1.165) is 0 Å². The van der Waals surface area contributed by atoms with Crippen LogP contribution < -0.4 is 24.0 Å². The maximum Gasteiger partial charge on any atom is 1.00 e. The summed E-state index contributed by atoms with van der Waals surface area (Å²) < 4.78 is 93.1. The van der Waals surface area contributed by atoms with Crippen LogP contribution in [0.4, 0.5) is 35.1 Å². The zero-order valence-corrected chi connectivity index (χ0v) is 7.29. The van der Waals surface area contributed by atoms with Gasteiger partial charge in [0, 0.05) is 0 Å². The summed E-state index contributed by atoms with van der Waals surface area (Å²) >= 11 is 0. The molecule has 16 heavy (non-hydrogen) atoms. The molecule has 90 valence electrons. The van der Waals surface area contributed by atoms with Gasteiger partial charge < -0.3 is 9.90 Å². The molecule has 0 saturated carbocycles. The molecule has 0 fully saturated rings. The van der Waals surface area contributed by atoms with E-state index in [0.29, 0.717) is 0 Å². The van der Waals surface area contributed by atoms with Gasteiger partial charge >= 0.3 is 37.5 Å². The number of hydrogen-bond donors (Lipinski definition) is 0. The molecule has 0 aromatic carbocycles. The fourth-order valence-corrected chi connectivity index (χ4v) is 0.553. The summed E-state index contributed by atoms with van der Waals surface area (Å²) in [7, 11) is 0. The van der Waals surface area contributed by atoms with E-state index in [2.05, 4.69) is 0 Å². The summed E-state index contributed by atoms with van der Waals surface area (Å²) in [5.74, 6) is -3.81. The first-order chi connectivity index (χ1) is 6.31. The summed E-state index contributed by atoms with van der Waals surface area (Å²) in [6.07, 6.45) is -13.2. The number of carboxylic acids is 1. The van der Waals surface area contributed by atoms with E-state index in [4.69, 9.17) is 0 Å². The van der Waals surface area contributed by atoms with Crippen LogP contribution in [0.3, 0.4) is 0 Å². The van der Waals surface area contributed by atoms with Gasteiger partial charge in [-0.1, -0.05) is 4.90 Å². The smallest absolute Gasteiger partial charge is 0.543 e. The van der Waals surface area contributed by atoms with Crippen LogP contribution in [0.25, 0.3) is 0 Å². The van der Waals surface area contributed by atoms with Crippen LogP contribution in [-0.2, 0) is 4.79 Å². The molecule has 0 aliphatic rings. The number of carboxylic acid groups (broad SMARTS) is 1. The molecule has 0 atom stereocenters. The molecular formula is C4F8LiNO2. The number of halogens is 8. The zero-order chi connectivity index (χ0) is 12.7. The van der Waals surface area contributed by atoms with Gasteiger partial charge in [0.15, 0.2) is 0 Å². The van der Waals surface area contributed by atoms with Crippen molar-refractivity contribution in [3.63, 3.8) is 0 Å². The van der Waals surface area contributed by atoms with Crippen molar-refractivity contribution in [2.75, 3.05) is 0 Å². The molecule has 0 heterocycles. The fourth-order valence-electron chi connectivity index (χ4n) is 0.553. The van der Waals surface area contributed by atoms with Gasteiger partial charge in [-0.3, -0.25) is 0 Å². The van der Waals surface area contributed by atoms with Crippen molar-refractivity contribution >= 4 is 5.97 Å². The van der Waals surface area contributed by atoms with Crippen molar-refractivity contribution in [2.24, 2.45) is 0 Å². The topological polar surface area (TPSA) is 43.4 Å². The van der Waals surface area contributed by atoms with Crippen LogP contribution in [0.5, 0.6) is 0 Å². The third kappa shape index (κ3) is 3.80. The molecule has 0 radical (unpaired) electrons. The van der Waals surface area contributed by atoms with Gasteiger partial charge in [0.05, 0.1) is 0 Å². The first kappa shape index (κ1) is 17.8. The van der Waals surface area contributed by atoms with E-state index in [9.17, 15) is 45.0 Å². The number of carbonyl (C=O) groups is 1. The summed E-state index contributed by atoms with van der Waals surface area (Å²) in [6, 6.07) is -6.23. The zero-order valence-electron chi connectivity index (χ0n) is 7.29. The van der Waals surface area contributed by atoms with E-state index in [-0.39, 0.29) is 18.9 Å². The largest absolute Gasteiger partial charge is 1.00 e. The number of alkyl halides is 8.